The summed E-state index contributed by atoms with van der Waals surface area (Å²) in [6, 6.07) is 10.3. The topological polar surface area (TPSA) is 74.0 Å². The summed E-state index contributed by atoms with van der Waals surface area (Å²) in [5.41, 5.74) is 0.765. The van der Waals surface area contributed by atoms with E-state index >= 15 is 0 Å². The molecule has 138 valence electrons. The molecule has 0 aliphatic carbocycles. The van der Waals surface area contributed by atoms with Crippen molar-refractivity contribution in [2.75, 3.05) is 32.4 Å². The van der Waals surface area contributed by atoms with Crippen molar-refractivity contribution in [1.82, 2.24) is 9.80 Å². The highest BCUT2D eigenvalue weighted by Crippen LogP contribution is 2.25. The minimum absolute atomic E-state index is 0.145. The molecule has 1 aliphatic heterocycles. The molecule has 0 saturated carbocycles. The summed E-state index contributed by atoms with van der Waals surface area (Å²) in [6.07, 6.45) is 4.19. The Bertz CT molecular complexity index is 745. The van der Waals surface area contributed by atoms with Crippen LogP contribution in [0.25, 0.3) is 0 Å². The molecule has 3 rings (SSSR count). The number of hydrogen-bond acceptors (Lipinski definition) is 5. The van der Waals surface area contributed by atoms with Crippen LogP contribution in [0.3, 0.4) is 0 Å². The lowest BCUT2D eigenvalue weighted by atomic mass is 10.1. The molecule has 1 aliphatic rings. The number of carboxylic acids is 1. The predicted molar refractivity (Wildman–Crippen MR) is 99.4 cm³/mol. The van der Waals surface area contributed by atoms with E-state index in [0.29, 0.717) is 31.9 Å². The molecule has 1 N–H and O–H groups in total. The molecule has 26 heavy (non-hydrogen) atoms. The monoisotopic (exact) mass is 374 g/mol. The van der Waals surface area contributed by atoms with Crippen LogP contribution in [0, 0.1) is 0 Å². The standard InChI is InChI=1S/C19H22N2O4S/c1-26-15-7-5-14(6-8-15)17(19(23)24)20-9-3-10-21(12-11-20)18(22)16-4-2-13-25-16/h2,4-8,13,17H,3,9-12H2,1H3,(H,23,24)/t17-/m0/s1. The van der Waals surface area contributed by atoms with Gasteiger partial charge in [0.1, 0.15) is 6.04 Å². The number of carbonyl (C=O) groups excluding carboxylic acids is 1. The van der Waals surface area contributed by atoms with E-state index in [9.17, 15) is 14.7 Å². The number of thioether (sulfide) groups is 1. The van der Waals surface area contributed by atoms with Crippen molar-refractivity contribution in [3.63, 3.8) is 0 Å². The van der Waals surface area contributed by atoms with Crippen LogP contribution >= 0.6 is 11.8 Å². The molecule has 7 heteroatoms. The number of carboxylic acid groups (broad SMARTS) is 1. The van der Waals surface area contributed by atoms with Gasteiger partial charge in [0.15, 0.2) is 5.76 Å². The Morgan fingerprint density at radius 2 is 1.88 bits per heavy atom. The first-order valence-electron chi connectivity index (χ1n) is 8.53. The van der Waals surface area contributed by atoms with Gasteiger partial charge in [-0.3, -0.25) is 14.5 Å². The van der Waals surface area contributed by atoms with Gasteiger partial charge in [-0.1, -0.05) is 12.1 Å². The van der Waals surface area contributed by atoms with E-state index in [1.807, 2.05) is 35.4 Å². The van der Waals surface area contributed by atoms with Gasteiger partial charge in [0.25, 0.3) is 5.91 Å². The third-order valence-corrected chi connectivity index (χ3v) is 5.32. The van der Waals surface area contributed by atoms with Gasteiger partial charge in [0.05, 0.1) is 6.26 Å². The maximum atomic E-state index is 12.5. The lowest BCUT2D eigenvalue weighted by molar-refractivity contribution is -0.143. The largest absolute Gasteiger partial charge is 0.480 e. The normalized spacial score (nSPS) is 16.9. The second-order valence-corrected chi connectivity index (χ2v) is 7.05. The molecular weight excluding hydrogens is 352 g/mol. The van der Waals surface area contributed by atoms with Gasteiger partial charge < -0.3 is 14.4 Å². The molecule has 1 fully saturated rings. The average Bonchev–Trinajstić information content (AvgIpc) is 3.08. The second-order valence-electron chi connectivity index (χ2n) is 6.17. The van der Waals surface area contributed by atoms with Crippen molar-refractivity contribution < 1.29 is 19.1 Å². The number of rotatable bonds is 5. The highest BCUT2D eigenvalue weighted by atomic mass is 32.2. The number of nitrogens with zero attached hydrogens (tertiary/aromatic N) is 2. The van der Waals surface area contributed by atoms with E-state index in [0.717, 1.165) is 16.9 Å². The number of benzene rings is 1. The number of aliphatic carboxylic acids is 1. The molecule has 2 heterocycles. The molecule has 1 atom stereocenters. The average molecular weight is 374 g/mol. The van der Waals surface area contributed by atoms with Gasteiger partial charge in [-0.15, -0.1) is 11.8 Å². The van der Waals surface area contributed by atoms with Crippen LogP contribution in [0.15, 0.2) is 52.0 Å². The van der Waals surface area contributed by atoms with E-state index in [-0.39, 0.29) is 5.91 Å². The smallest absolute Gasteiger partial charge is 0.325 e. The Hall–Kier alpha value is -2.25. The first-order valence-corrected chi connectivity index (χ1v) is 9.76. The third kappa shape index (κ3) is 4.11. The predicted octanol–water partition coefficient (Wildman–Crippen LogP) is 2.98. The summed E-state index contributed by atoms with van der Waals surface area (Å²) in [5, 5.41) is 9.78. The summed E-state index contributed by atoms with van der Waals surface area (Å²) in [6.45, 7) is 2.21. The molecule has 1 aromatic carbocycles. The number of carbonyl (C=O) groups is 2. The van der Waals surface area contributed by atoms with Crippen molar-refractivity contribution in [3.8, 4) is 0 Å². The van der Waals surface area contributed by atoms with E-state index in [1.54, 1.807) is 28.8 Å². The van der Waals surface area contributed by atoms with Crippen LogP contribution in [-0.4, -0.2) is 59.2 Å². The third-order valence-electron chi connectivity index (χ3n) is 4.58. The zero-order chi connectivity index (χ0) is 18.5. The van der Waals surface area contributed by atoms with Crippen LogP contribution in [0.2, 0.25) is 0 Å². The van der Waals surface area contributed by atoms with Crippen molar-refractivity contribution in [1.29, 1.82) is 0 Å². The van der Waals surface area contributed by atoms with Gasteiger partial charge in [0, 0.05) is 31.1 Å². The highest BCUT2D eigenvalue weighted by Gasteiger charge is 2.30. The van der Waals surface area contributed by atoms with Crippen molar-refractivity contribution in [3.05, 3.63) is 54.0 Å². The lowest BCUT2D eigenvalue weighted by Crippen LogP contribution is -2.38. The summed E-state index contributed by atoms with van der Waals surface area (Å²) >= 11 is 1.62. The second kappa shape index (κ2) is 8.42. The fraction of sp³-hybridized carbons (Fsp3) is 0.368. The Labute approximate surface area is 156 Å². The fourth-order valence-corrected chi connectivity index (χ4v) is 3.66. The van der Waals surface area contributed by atoms with Crippen LogP contribution in [0.5, 0.6) is 0 Å². The van der Waals surface area contributed by atoms with Gasteiger partial charge >= 0.3 is 5.97 Å². The van der Waals surface area contributed by atoms with Gasteiger partial charge in [-0.25, -0.2) is 0 Å². The minimum atomic E-state index is -0.868. The Morgan fingerprint density at radius 1 is 1.12 bits per heavy atom. The Balaban J connectivity index is 1.72. The molecule has 2 aromatic rings. The molecule has 0 radical (unpaired) electrons. The van der Waals surface area contributed by atoms with Crippen molar-refractivity contribution in [2.45, 2.75) is 17.4 Å². The summed E-state index contributed by atoms with van der Waals surface area (Å²) in [4.78, 5) is 29.2. The van der Waals surface area contributed by atoms with Crippen molar-refractivity contribution >= 4 is 23.6 Å². The molecular formula is C19H22N2O4S. The van der Waals surface area contributed by atoms with Crippen LogP contribution < -0.4 is 0 Å². The van der Waals surface area contributed by atoms with Gasteiger partial charge in [0.2, 0.25) is 0 Å². The van der Waals surface area contributed by atoms with E-state index in [1.165, 1.54) is 6.26 Å². The highest BCUT2D eigenvalue weighted by molar-refractivity contribution is 7.98. The van der Waals surface area contributed by atoms with Crippen LogP contribution in [-0.2, 0) is 4.79 Å². The first kappa shape index (κ1) is 18.5. The van der Waals surface area contributed by atoms with E-state index in [2.05, 4.69) is 0 Å². The first-order chi connectivity index (χ1) is 12.6. The Morgan fingerprint density at radius 3 is 2.50 bits per heavy atom. The fourth-order valence-electron chi connectivity index (χ4n) is 3.25. The number of furan rings is 1. The van der Waals surface area contributed by atoms with Gasteiger partial charge in [-0.05, 0) is 42.5 Å². The molecule has 1 saturated heterocycles. The number of amides is 1. The quantitative estimate of drug-likeness (QED) is 0.811. The summed E-state index contributed by atoms with van der Waals surface area (Å²) < 4.78 is 5.19. The van der Waals surface area contributed by atoms with Crippen LogP contribution in [0.4, 0.5) is 0 Å². The molecule has 0 bridgehead atoms. The zero-order valence-corrected chi connectivity index (χ0v) is 15.4. The number of hydrogen-bond donors (Lipinski definition) is 1. The van der Waals surface area contributed by atoms with E-state index < -0.39 is 12.0 Å². The van der Waals surface area contributed by atoms with E-state index in [4.69, 9.17) is 4.42 Å². The SMILES string of the molecule is CSc1ccc([C@@H](C(=O)O)N2CCCN(C(=O)c3ccco3)CC2)cc1. The lowest BCUT2D eigenvalue weighted by Gasteiger charge is -2.28. The molecule has 1 amide bonds. The maximum absolute atomic E-state index is 12.5. The minimum Gasteiger partial charge on any atom is -0.480 e. The Kier molecular flexibility index (Phi) is 6.00. The molecule has 0 spiro atoms. The molecule has 0 unspecified atom stereocenters. The van der Waals surface area contributed by atoms with Crippen molar-refractivity contribution in [2.24, 2.45) is 0 Å². The van der Waals surface area contributed by atoms with Gasteiger partial charge in [-0.2, -0.15) is 0 Å². The zero-order valence-electron chi connectivity index (χ0n) is 14.6. The maximum Gasteiger partial charge on any atom is 0.325 e. The summed E-state index contributed by atoms with van der Waals surface area (Å²) in [5.74, 6) is -0.693. The molecule has 1 aromatic heterocycles. The summed E-state index contributed by atoms with van der Waals surface area (Å²) in [7, 11) is 0. The van der Waals surface area contributed by atoms with Crippen LogP contribution in [0.1, 0.15) is 28.6 Å². The molecule has 6 nitrogen and oxygen atoms in total.